The van der Waals surface area contributed by atoms with Gasteiger partial charge in [-0.3, -0.25) is 0 Å². The van der Waals surface area contributed by atoms with E-state index < -0.39 is 0 Å². The van der Waals surface area contributed by atoms with Crippen LogP contribution in [0.3, 0.4) is 0 Å². The summed E-state index contributed by atoms with van der Waals surface area (Å²) in [5.41, 5.74) is 1.75. The highest BCUT2D eigenvalue weighted by atomic mass is 35.5. The molecule has 1 N–H and O–H groups in total. The highest BCUT2D eigenvalue weighted by Crippen LogP contribution is 2.26. The molecular formula is C14H17ClN2O. The van der Waals surface area contributed by atoms with E-state index >= 15 is 0 Å². The lowest BCUT2D eigenvalue weighted by Crippen LogP contribution is -2.35. The monoisotopic (exact) mass is 264 g/mol. The number of nitrogens with one attached hydrogen (secondary N) is 1. The zero-order valence-electron chi connectivity index (χ0n) is 10.8. The van der Waals surface area contributed by atoms with Gasteiger partial charge in [-0.05, 0) is 32.9 Å². The smallest absolute Gasteiger partial charge is 0.227 e. The molecule has 1 heterocycles. The van der Waals surface area contributed by atoms with Crippen molar-refractivity contribution in [2.75, 3.05) is 0 Å². The van der Waals surface area contributed by atoms with Gasteiger partial charge in [0.15, 0.2) is 0 Å². The predicted octanol–water partition coefficient (Wildman–Crippen LogP) is 3.88. The molecule has 2 aromatic rings. The van der Waals surface area contributed by atoms with Gasteiger partial charge in [0.2, 0.25) is 5.89 Å². The summed E-state index contributed by atoms with van der Waals surface area (Å²) in [5.74, 6) is 0.561. The van der Waals surface area contributed by atoms with Gasteiger partial charge in [-0.25, -0.2) is 4.98 Å². The van der Waals surface area contributed by atoms with Gasteiger partial charge in [0.1, 0.15) is 6.26 Å². The van der Waals surface area contributed by atoms with Crippen molar-refractivity contribution in [2.24, 2.45) is 0 Å². The van der Waals surface area contributed by atoms with E-state index in [-0.39, 0.29) is 5.54 Å². The Morgan fingerprint density at radius 3 is 2.67 bits per heavy atom. The molecule has 3 nitrogen and oxygen atoms in total. The number of aromatic nitrogens is 1. The van der Waals surface area contributed by atoms with Crippen molar-refractivity contribution in [1.29, 1.82) is 0 Å². The molecule has 1 aromatic heterocycles. The second-order valence-electron chi connectivity index (χ2n) is 5.23. The Morgan fingerprint density at radius 1 is 1.28 bits per heavy atom. The lowest BCUT2D eigenvalue weighted by molar-refractivity contribution is 0.421. The van der Waals surface area contributed by atoms with Gasteiger partial charge in [-0.15, -0.1) is 0 Å². The van der Waals surface area contributed by atoms with E-state index in [0.29, 0.717) is 17.5 Å². The van der Waals surface area contributed by atoms with Crippen LogP contribution < -0.4 is 5.32 Å². The predicted molar refractivity (Wildman–Crippen MR) is 73.5 cm³/mol. The van der Waals surface area contributed by atoms with Crippen molar-refractivity contribution in [3.63, 3.8) is 0 Å². The molecule has 2 rings (SSSR count). The minimum absolute atomic E-state index is 0.0590. The minimum atomic E-state index is 0.0590. The summed E-state index contributed by atoms with van der Waals surface area (Å²) < 4.78 is 5.46. The zero-order valence-corrected chi connectivity index (χ0v) is 11.6. The lowest BCUT2D eigenvalue weighted by Gasteiger charge is -2.19. The Balaban J connectivity index is 2.14. The molecule has 0 spiro atoms. The largest absolute Gasteiger partial charge is 0.444 e. The SMILES string of the molecule is CC(C)(C)NCc1coc(-c2ccccc2Cl)n1. The van der Waals surface area contributed by atoms with Gasteiger partial charge in [-0.2, -0.15) is 0 Å². The van der Waals surface area contributed by atoms with Crippen LogP contribution in [0.5, 0.6) is 0 Å². The van der Waals surface area contributed by atoms with Crippen LogP contribution in [-0.4, -0.2) is 10.5 Å². The molecule has 0 atom stereocenters. The number of nitrogens with zero attached hydrogens (tertiary/aromatic N) is 1. The molecule has 0 aliphatic rings. The Kier molecular flexibility index (Phi) is 3.73. The number of benzene rings is 1. The van der Waals surface area contributed by atoms with Crippen LogP contribution in [0.25, 0.3) is 11.5 Å². The minimum Gasteiger partial charge on any atom is -0.444 e. The number of halogens is 1. The van der Waals surface area contributed by atoms with Crippen molar-refractivity contribution in [2.45, 2.75) is 32.9 Å². The summed E-state index contributed by atoms with van der Waals surface area (Å²) in [6, 6.07) is 7.53. The van der Waals surface area contributed by atoms with Crippen LogP contribution >= 0.6 is 11.6 Å². The molecular weight excluding hydrogens is 248 g/mol. The molecule has 0 fully saturated rings. The molecule has 0 aliphatic carbocycles. The molecule has 4 heteroatoms. The highest BCUT2D eigenvalue weighted by molar-refractivity contribution is 6.33. The van der Waals surface area contributed by atoms with Crippen LogP contribution in [0.4, 0.5) is 0 Å². The third-order valence-electron chi connectivity index (χ3n) is 2.46. The second-order valence-corrected chi connectivity index (χ2v) is 5.63. The van der Waals surface area contributed by atoms with E-state index in [2.05, 4.69) is 31.1 Å². The van der Waals surface area contributed by atoms with E-state index in [1.165, 1.54) is 0 Å². The maximum Gasteiger partial charge on any atom is 0.227 e. The van der Waals surface area contributed by atoms with Gasteiger partial charge < -0.3 is 9.73 Å². The molecule has 0 amide bonds. The molecule has 0 unspecified atom stereocenters. The Bertz CT molecular complexity index is 529. The normalized spacial score (nSPS) is 11.8. The first-order valence-corrected chi connectivity index (χ1v) is 6.28. The highest BCUT2D eigenvalue weighted by Gasteiger charge is 2.12. The maximum absolute atomic E-state index is 6.10. The number of oxazole rings is 1. The van der Waals surface area contributed by atoms with Gasteiger partial charge >= 0.3 is 0 Å². The van der Waals surface area contributed by atoms with Crippen LogP contribution in [0.2, 0.25) is 5.02 Å². The summed E-state index contributed by atoms with van der Waals surface area (Å²) >= 11 is 6.10. The fourth-order valence-corrected chi connectivity index (χ4v) is 1.72. The Hall–Kier alpha value is -1.32. The summed E-state index contributed by atoms with van der Waals surface area (Å²) in [6.07, 6.45) is 1.66. The maximum atomic E-state index is 6.10. The molecule has 18 heavy (non-hydrogen) atoms. The average Bonchev–Trinajstić information content (AvgIpc) is 2.75. The molecule has 0 saturated carbocycles. The molecule has 0 bridgehead atoms. The lowest BCUT2D eigenvalue weighted by atomic mass is 10.1. The van der Waals surface area contributed by atoms with Gasteiger partial charge in [0.05, 0.1) is 16.3 Å². The third kappa shape index (κ3) is 3.34. The van der Waals surface area contributed by atoms with Crippen LogP contribution in [-0.2, 0) is 6.54 Å². The number of hydrogen-bond donors (Lipinski definition) is 1. The Labute approximate surface area is 112 Å². The van der Waals surface area contributed by atoms with Crippen LogP contribution in [0, 0.1) is 0 Å². The van der Waals surface area contributed by atoms with Crippen molar-refractivity contribution >= 4 is 11.6 Å². The van der Waals surface area contributed by atoms with Crippen molar-refractivity contribution in [3.8, 4) is 11.5 Å². The van der Waals surface area contributed by atoms with Gasteiger partial charge in [0, 0.05) is 12.1 Å². The molecule has 96 valence electrons. The number of rotatable bonds is 3. The first kappa shape index (κ1) is 13.1. The second kappa shape index (κ2) is 5.12. The zero-order chi connectivity index (χ0) is 13.2. The van der Waals surface area contributed by atoms with E-state index in [4.69, 9.17) is 16.0 Å². The summed E-state index contributed by atoms with van der Waals surface area (Å²) in [6.45, 7) is 7.02. The Morgan fingerprint density at radius 2 is 2.00 bits per heavy atom. The van der Waals surface area contributed by atoms with E-state index in [1.807, 2.05) is 24.3 Å². The summed E-state index contributed by atoms with van der Waals surface area (Å²) in [7, 11) is 0. The van der Waals surface area contributed by atoms with Crippen LogP contribution in [0.15, 0.2) is 34.9 Å². The van der Waals surface area contributed by atoms with Gasteiger partial charge in [-0.1, -0.05) is 23.7 Å². The number of hydrogen-bond acceptors (Lipinski definition) is 3. The fraction of sp³-hybridized carbons (Fsp3) is 0.357. The van der Waals surface area contributed by atoms with Gasteiger partial charge in [0.25, 0.3) is 0 Å². The molecule has 1 aromatic carbocycles. The fourth-order valence-electron chi connectivity index (χ4n) is 1.50. The van der Waals surface area contributed by atoms with E-state index in [0.717, 1.165) is 11.3 Å². The first-order valence-electron chi connectivity index (χ1n) is 5.90. The van der Waals surface area contributed by atoms with E-state index in [1.54, 1.807) is 6.26 Å². The third-order valence-corrected chi connectivity index (χ3v) is 2.79. The summed E-state index contributed by atoms with van der Waals surface area (Å²) in [4.78, 5) is 4.43. The quantitative estimate of drug-likeness (QED) is 0.914. The molecule has 0 radical (unpaired) electrons. The first-order chi connectivity index (χ1) is 8.46. The van der Waals surface area contributed by atoms with E-state index in [9.17, 15) is 0 Å². The summed E-state index contributed by atoms with van der Waals surface area (Å²) in [5, 5.41) is 4.01. The van der Waals surface area contributed by atoms with Crippen molar-refractivity contribution < 1.29 is 4.42 Å². The van der Waals surface area contributed by atoms with Crippen molar-refractivity contribution in [1.82, 2.24) is 10.3 Å². The van der Waals surface area contributed by atoms with Crippen LogP contribution in [0.1, 0.15) is 26.5 Å². The average molecular weight is 265 g/mol. The molecule has 0 aliphatic heterocycles. The van der Waals surface area contributed by atoms with Crippen molar-refractivity contribution in [3.05, 3.63) is 41.2 Å². The standard InChI is InChI=1S/C14H17ClN2O/c1-14(2,3)16-8-10-9-18-13(17-10)11-6-4-5-7-12(11)15/h4-7,9,16H,8H2,1-3H3. The topological polar surface area (TPSA) is 38.1 Å². The molecule has 0 saturated heterocycles.